The van der Waals surface area contributed by atoms with Gasteiger partial charge in [0.2, 0.25) is 0 Å². The lowest BCUT2D eigenvalue weighted by molar-refractivity contribution is -0.0522. The molecule has 3 aliphatic carbocycles. The first-order chi connectivity index (χ1) is 15.0. The first kappa shape index (κ1) is 23.0. The van der Waals surface area contributed by atoms with Gasteiger partial charge in [-0.05, 0) is 105 Å². The van der Waals surface area contributed by atoms with Crippen LogP contribution >= 0.6 is 0 Å². The van der Waals surface area contributed by atoms with Gasteiger partial charge in [0.05, 0.1) is 0 Å². The van der Waals surface area contributed by atoms with Crippen molar-refractivity contribution >= 4 is 0 Å². The molecular formula is C27H39F3O. The minimum Gasteiger partial charge on any atom is -0.432 e. The summed E-state index contributed by atoms with van der Waals surface area (Å²) in [5, 5.41) is 0. The normalized spacial score (nSPS) is 33.8. The van der Waals surface area contributed by atoms with E-state index >= 15 is 0 Å². The van der Waals surface area contributed by atoms with Gasteiger partial charge in [0, 0.05) is 0 Å². The van der Waals surface area contributed by atoms with E-state index in [-0.39, 0.29) is 5.75 Å². The first-order valence-electron chi connectivity index (χ1n) is 12.8. The highest BCUT2D eigenvalue weighted by molar-refractivity contribution is 5.31. The van der Waals surface area contributed by atoms with Crippen LogP contribution in [0.2, 0.25) is 0 Å². The van der Waals surface area contributed by atoms with Gasteiger partial charge in [-0.1, -0.05) is 45.1 Å². The third-order valence-electron chi connectivity index (χ3n) is 8.82. The van der Waals surface area contributed by atoms with Crippen molar-refractivity contribution in [3.63, 3.8) is 0 Å². The summed E-state index contributed by atoms with van der Waals surface area (Å²) in [6.45, 7) is -0.691. The van der Waals surface area contributed by atoms with Gasteiger partial charge >= 0.3 is 6.61 Å². The van der Waals surface area contributed by atoms with Gasteiger partial charge < -0.3 is 4.74 Å². The molecule has 0 spiro atoms. The molecule has 4 rings (SSSR count). The van der Waals surface area contributed by atoms with Crippen molar-refractivity contribution < 1.29 is 17.9 Å². The smallest absolute Gasteiger partial charge is 0.387 e. The van der Waals surface area contributed by atoms with Gasteiger partial charge in [0.25, 0.3) is 0 Å². The third-order valence-corrected chi connectivity index (χ3v) is 8.82. The Morgan fingerprint density at radius 3 is 2.19 bits per heavy atom. The van der Waals surface area contributed by atoms with Gasteiger partial charge in [-0.25, -0.2) is 4.39 Å². The van der Waals surface area contributed by atoms with E-state index < -0.39 is 12.4 Å². The molecule has 31 heavy (non-hydrogen) atoms. The average Bonchev–Trinajstić information content (AvgIpc) is 2.78. The maximum Gasteiger partial charge on any atom is 0.387 e. The van der Waals surface area contributed by atoms with Gasteiger partial charge in [0.1, 0.15) is 0 Å². The van der Waals surface area contributed by atoms with Crippen molar-refractivity contribution in [1.29, 1.82) is 0 Å². The maximum atomic E-state index is 14.2. The molecule has 4 unspecified atom stereocenters. The second kappa shape index (κ2) is 10.6. The zero-order valence-corrected chi connectivity index (χ0v) is 19.0. The molecule has 4 atom stereocenters. The Bertz CT molecular complexity index is 698. The summed E-state index contributed by atoms with van der Waals surface area (Å²) in [6, 6.07) is 4.58. The predicted octanol–water partition coefficient (Wildman–Crippen LogP) is 8.72. The average molecular weight is 437 g/mol. The summed E-state index contributed by atoms with van der Waals surface area (Å²) >= 11 is 0. The first-order valence-corrected chi connectivity index (χ1v) is 12.8. The van der Waals surface area contributed by atoms with Crippen LogP contribution in [0.4, 0.5) is 13.2 Å². The molecule has 3 fully saturated rings. The highest BCUT2D eigenvalue weighted by Gasteiger charge is 2.39. The van der Waals surface area contributed by atoms with Crippen LogP contribution in [0, 0.1) is 35.4 Å². The van der Waals surface area contributed by atoms with Gasteiger partial charge in [-0.3, -0.25) is 0 Å². The van der Waals surface area contributed by atoms with Crippen LogP contribution in [0.5, 0.6) is 5.75 Å². The van der Waals surface area contributed by atoms with E-state index in [1.54, 1.807) is 6.07 Å². The molecule has 0 bridgehead atoms. The Kier molecular flexibility index (Phi) is 7.87. The molecule has 0 saturated heterocycles. The van der Waals surface area contributed by atoms with Crippen molar-refractivity contribution in [2.75, 3.05) is 0 Å². The van der Waals surface area contributed by atoms with Crippen LogP contribution in [-0.2, 0) is 0 Å². The zero-order valence-electron chi connectivity index (χ0n) is 19.0. The molecule has 3 aliphatic rings. The summed E-state index contributed by atoms with van der Waals surface area (Å²) < 4.78 is 43.2. The SMILES string of the molecule is CCCCC1CCC(C2CCC3CC(c4ccc(OC(F)F)c(F)c4)CCC3C2)CC1. The van der Waals surface area contributed by atoms with Crippen LogP contribution in [0.3, 0.4) is 0 Å². The Morgan fingerprint density at radius 1 is 0.871 bits per heavy atom. The summed E-state index contributed by atoms with van der Waals surface area (Å²) in [7, 11) is 0. The summed E-state index contributed by atoms with van der Waals surface area (Å²) in [5.41, 5.74) is 0.949. The molecule has 174 valence electrons. The Morgan fingerprint density at radius 2 is 1.52 bits per heavy atom. The molecule has 0 aromatic heterocycles. The van der Waals surface area contributed by atoms with Gasteiger partial charge in [-0.2, -0.15) is 8.78 Å². The van der Waals surface area contributed by atoms with E-state index in [0.29, 0.717) is 5.92 Å². The van der Waals surface area contributed by atoms with E-state index in [1.807, 2.05) is 0 Å². The fourth-order valence-electron chi connectivity index (χ4n) is 7.06. The minimum absolute atomic E-state index is 0.349. The molecule has 4 heteroatoms. The van der Waals surface area contributed by atoms with Gasteiger partial charge in [0.15, 0.2) is 11.6 Å². The van der Waals surface area contributed by atoms with E-state index in [1.165, 1.54) is 82.8 Å². The predicted molar refractivity (Wildman–Crippen MR) is 119 cm³/mol. The molecule has 1 aromatic carbocycles. The Labute approximate surface area is 186 Å². The van der Waals surface area contributed by atoms with E-state index in [4.69, 9.17) is 0 Å². The maximum absolute atomic E-state index is 14.2. The molecule has 0 aliphatic heterocycles. The third kappa shape index (κ3) is 5.79. The van der Waals surface area contributed by atoms with Crippen molar-refractivity contribution in [2.24, 2.45) is 29.6 Å². The number of fused-ring (bicyclic) bond motifs is 1. The monoisotopic (exact) mass is 436 g/mol. The number of halogens is 3. The Balaban J connectivity index is 1.28. The van der Waals surface area contributed by atoms with E-state index in [9.17, 15) is 13.2 Å². The number of alkyl halides is 2. The molecule has 1 aromatic rings. The number of rotatable bonds is 7. The molecule has 3 saturated carbocycles. The van der Waals surface area contributed by atoms with Crippen molar-refractivity contribution in [3.8, 4) is 5.75 Å². The second-order valence-corrected chi connectivity index (χ2v) is 10.6. The van der Waals surface area contributed by atoms with Crippen molar-refractivity contribution in [2.45, 2.75) is 103 Å². The van der Waals surface area contributed by atoms with Crippen LogP contribution in [0.15, 0.2) is 18.2 Å². The molecule has 0 radical (unpaired) electrons. The van der Waals surface area contributed by atoms with Crippen LogP contribution in [0.25, 0.3) is 0 Å². The fourth-order valence-corrected chi connectivity index (χ4v) is 7.06. The van der Waals surface area contributed by atoms with Crippen molar-refractivity contribution in [1.82, 2.24) is 0 Å². The second-order valence-electron chi connectivity index (χ2n) is 10.6. The Hall–Kier alpha value is -1.19. The molecular weight excluding hydrogens is 397 g/mol. The topological polar surface area (TPSA) is 9.23 Å². The number of hydrogen-bond donors (Lipinski definition) is 0. The largest absolute Gasteiger partial charge is 0.432 e. The lowest BCUT2D eigenvalue weighted by Crippen LogP contribution is -2.34. The molecule has 0 amide bonds. The highest BCUT2D eigenvalue weighted by atomic mass is 19.3. The van der Waals surface area contributed by atoms with Crippen LogP contribution in [0.1, 0.15) is 102 Å². The lowest BCUT2D eigenvalue weighted by atomic mass is 9.60. The molecule has 1 nitrogen and oxygen atoms in total. The number of unbranched alkanes of at least 4 members (excludes halogenated alkanes) is 1. The number of ether oxygens (including phenoxy) is 1. The van der Waals surface area contributed by atoms with Crippen LogP contribution in [-0.4, -0.2) is 6.61 Å². The molecule has 0 N–H and O–H groups in total. The van der Waals surface area contributed by atoms with E-state index in [0.717, 1.165) is 48.0 Å². The number of benzene rings is 1. The van der Waals surface area contributed by atoms with Gasteiger partial charge in [-0.15, -0.1) is 0 Å². The zero-order chi connectivity index (χ0) is 21.8. The quantitative estimate of drug-likeness (QED) is 0.415. The minimum atomic E-state index is -2.99. The van der Waals surface area contributed by atoms with Crippen LogP contribution < -0.4 is 4.74 Å². The number of hydrogen-bond acceptors (Lipinski definition) is 1. The summed E-state index contributed by atoms with van der Waals surface area (Å²) in [5.74, 6) is 3.77. The van der Waals surface area contributed by atoms with E-state index in [2.05, 4.69) is 11.7 Å². The summed E-state index contributed by atoms with van der Waals surface area (Å²) in [6.07, 6.45) is 17.5. The highest BCUT2D eigenvalue weighted by Crippen LogP contribution is 2.51. The standard InChI is InChI=1S/C27H39F3O/c1-2-3-4-18-5-7-19(8-6-18)20-9-10-22-16-23(12-11-21(22)15-20)24-13-14-26(25(28)17-24)31-27(29)30/h13-14,17-23,27H,2-12,15-16H2,1H3. The van der Waals surface area contributed by atoms with Crippen molar-refractivity contribution in [3.05, 3.63) is 29.6 Å². The fraction of sp³-hybridized carbons (Fsp3) is 0.778. The lowest BCUT2D eigenvalue weighted by Gasteiger charge is -2.45. The molecule has 0 heterocycles. The summed E-state index contributed by atoms with van der Waals surface area (Å²) in [4.78, 5) is 0.